The van der Waals surface area contributed by atoms with Gasteiger partial charge in [-0.05, 0) is 0 Å². The van der Waals surface area contributed by atoms with Crippen molar-refractivity contribution in [3.8, 4) is 0 Å². The van der Waals surface area contributed by atoms with E-state index in [1.54, 1.807) is 0 Å². The van der Waals surface area contributed by atoms with E-state index in [0.29, 0.717) is 17.6 Å². The Bertz CT molecular complexity index is 603. The number of morpholine rings is 1. The molecule has 3 nitrogen and oxygen atoms in total. The first kappa shape index (κ1) is 17.2. The van der Waals surface area contributed by atoms with E-state index in [-0.39, 0.29) is 23.0 Å². The molecule has 1 N–H and O–H groups in total. The van der Waals surface area contributed by atoms with Gasteiger partial charge in [0.1, 0.15) is 19.2 Å². The zero-order chi connectivity index (χ0) is 14.9. The lowest BCUT2D eigenvalue weighted by atomic mass is 9.97. The van der Waals surface area contributed by atoms with Crippen LogP contribution in [0.3, 0.4) is 0 Å². The normalized spacial score (nSPS) is 27.0. The van der Waals surface area contributed by atoms with Crippen LogP contribution in [0.4, 0.5) is 0 Å². The van der Waals surface area contributed by atoms with E-state index >= 15 is 0 Å². The van der Waals surface area contributed by atoms with Crippen LogP contribution in [0.2, 0.25) is 0 Å². The molecular formula is C18H22BrNO2. The standard InChI is InChI=1S/C18H22NO2.BrH/c1-19(2)14-18(20,16-11-7-4-8-12-16)21-13-17(19)15-9-5-3-6-10-15;/h3-12,17,20H,13-14H2,1-2H3;1H/q+1;/p-1/t17-,18+;/m0./s1. The fourth-order valence-corrected chi connectivity index (χ4v) is 3.17. The first-order valence-electron chi connectivity index (χ1n) is 7.31. The molecule has 1 saturated heterocycles. The van der Waals surface area contributed by atoms with Crippen molar-refractivity contribution >= 4 is 0 Å². The number of hydrogen-bond donors (Lipinski definition) is 1. The van der Waals surface area contributed by atoms with Gasteiger partial charge in [0.15, 0.2) is 0 Å². The van der Waals surface area contributed by atoms with E-state index in [2.05, 4.69) is 26.2 Å². The van der Waals surface area contributed by atoms with Gasteiger partial charge < -0.3 is 31.3 Å². The van der Waals surface area contributed by atoms with Gasteiger partial charge in [0.25, 0.3) is 0 Å². The number of rotatable bonds is 2. The predicted octanol–water partition coefficient (Wildman–Crippen LogP) is -0.316. The van der Waals surface area contributed by atoms with Gasteiger partial charge in [-0.25, -0.2) is 0 Å². The second-order valence-electron chi connectivity index (χ2n) is 6.32. The van der Waals surface area contributed by atoms with Gasteiger partial charge in [0.05, 0.1) is 14.1 Å². The Kier molecular flexibility index (Phi) is 5.07. The Labute approximate surface area is 142 Å². The number of aliphatic hydroxyl groups is 1. The Morgan fingerprint density at radius 3 is 2.09 bits per heavy atom. The molecular weight excluding hydrogens is 342 g/mol. The van der Waals surface area contributed by atoms with Crippen LogP contribution in [0.1, 0.15) is 17.2 Å². The first-order valence-corrected chi connectivity index (χ1v) is 7.31. The third-order valence-electron chi connectivity index (χ3n) is 4.35. The van der Waals surface area contributed by atoms with Gasteiger partial charge in [-0.3, -0.25) is 0 Å². The van der Waals surface area contributed by atoms with Gasteiger partial charge >= 0.3 is 0 Å². The van der Waals surface area contributed by atoms with Crippen molar-refractivity contribution in [1.29, 1.82) is 0 Å². The van der Waals surface area contributed by atoms with Crippen molar-refractivity contribution < 1.29 is 31.3 Å². The molecule has 0 spiro atoms. The van der Waals surface area contributed by atoms with Crippen molar-refractivity contribution in [2.45, 2.75) is 11.8 Å². The summed E-state index contributed by atoms with van der Waals surface area (Å²) in [7, 11) is 4.29. The third-order valence-corrected chi connectivity index (χ3v) is 4.35. The molecule has 0 unspecified atom stereocenters. The summed E-state index contributed by atoms with van der Waals surface area (Å²) < 4.78 is 6.58. The highest BCUT2D eigenvalue weighted by Crippen LogP contribution is 2.38. The second-order valence-corrected chi connectivity index (χ2v) is 6.32. The van der Waals surface area contributed by atoms with Crippen LogP contribution in [-0.4, -0.2) is 36.8 Å². The number of benzene rings is 2. The molecule has 1 fully saturated rings. The van der Waals surface area contributed by atoms with Gasteiger partial charge in [-0.2, -0.15) is 0 Å². The van der Waals surface area contributed by atoms with Gasteiger partial charge in [-0.1, -0.05) is 60.7 Å². The molecule has 1 aliphatic rings. The Morgan fingerprint density at radius 2 is 1.55 bits per heavy atom. The molecule has 0 aromatic heterocycles. The second kappa shape index (κ2) is 6.50. The maximum absolute atomic E-state index is 10.9. The molecule has 0 radical (unpaired) electrons. The van der Waals surface area contributed by atoms with Crippen LogP contribution in [-0.2, 0) is 10.5 Å². The number of hydrogen-bond acceptors (Lipinski definition) is 2. The lowest BCUT2D eigenvalue weighted by molar-refractivity contribution is -0.943. The Hall–Kier alpha value is -1.20. The molecule has 118 valence electrons. The SMILES string of the molecule is C[N+]1(C)C[C@](O)(c2ccccc2)OC[C@H]1c1ccccc1.[Br-]. The Morgan fingerprint density at radius 1 is 1.00 bits per heavy atom. The molecule has 0 amide bonds. The van der Waals surface area contributed by atoms with E-state index in [1.165, 1.54) is 5.56 Å². The molecule has 2 atom stereocenters. The molecule has 0 bridgehead atoms. The maximum atomic E-state index is 10.9. The van der Waals surface area contributed by atoms with E-state index in [4.69, 9.17) is 4.74 Å². The molecule has 0 saturated carbocycles. The highest BCUT2D eigenvalue weighted by molar-refractivity contribution is 5.22. The van der Waals surface area contributed by atoms with Crippen LogP contribution >= 0.6 is 0 Å². The van der Waals surface area contributed by atoms with E-state index in [0.717, 1.165) is 5.56 Å². The minimum absolute atomic E-state index is 0. The molecule has 4 heteroatoms. The summed E-state index contributed by atoms with van der Waals surface area (Å²) in [6.07, 6.45) is 0. The largest absolute Gasteiger partial charge is 1.00 e. The van der Waals surface area contributed by atoms with E-state index in [1.807, 2.05) is 48.5 Å². The fourth-order valence-electron chi connectivity index (χ4n) is 3.17. The fraction of sp³-hybridized carbons (Fsp3) is 0.333. The van der Waals surface area contributed by atoms with Crippen LogP contribution < -0.4 is 17.0 Å². The van der Waals surface area contributed by atoms with Crippen LogP contribution in [0, 0.1) is 0 Å². The molecule has 2 aromatic rings. The average Bonchev–Trinajstić information content (AvgIpc) is 2.48. The topological polar surface area (TPSA) is 29.5 Å². The summed E-state index contributed by atoms with van der Waals surface area (Å²) in [5, 5.41) is 10.9. The first-order chi connectivity index (χ1) is 10.0. The number of nitrogens with zero attached hydrogens (tertiary/aromatic N) is 1. The van der Waals surface area contributed by atoms with Crippen molar-refractivity contribution in [3.63, 3.8) is 0 Å². The summed E-state index contributed by atoms with van der Waals surface area (Å²) in [6, 6.07) is 20.2. The summed E-state index contributed by atoms with van der Waals surface area (Å²) in [4.78, 5) is 0. The quantitative estimate of drug-likeness (QED) is 0.741. The molecule has 22 heavy (non-hydrogen) atoms. The molecule has 3 rings (SSSR count). The lowest BCUT2D eigenvalue weighted by Gasteiger charge is -2.48. The summed E-state index contributed by atoms with van der Waals surface area (Å²) >= 11 is 0. The number of likely N-dealkylation sites (N-methyl/N-ethyl adjacent to an activating group) is 1. The van der Waals surface area contributed by atoms with E-state index < -0.39 is 5.79 Å². The third kappa shape index (κ3) is 3.25. The molecule has 2 aromatic carbocycles. The van der Waals surface area contributed by atoms with Crippen LogP contribution in [0.15, 0.2) is 60.7 Å². The summed E-state index contributed by atoms with van der Waals surface area (Å²) in [6.45, 7) is 1.03. The lowest BCUT2D eigenvalue weighted by Crippen LogP contribution is -3.00. The van der Waals surface area contributed by atoms with Gasteiger partial charge in [0.2, 0.25) is 5.79 Å². The van der Waals surface area contributed by atoms with Crippen LogP contribution in [0.25, 0.3) is 0 Å². The van der Waals surface area contributed by atoms with Crippen molar-refractivity contribution in [2.75, 3.05) is 27.2 Å². The zero-order valence-electron chi connectivity index (χ0n) is 12.9. The number of ether oxygens (including phenoxy) is 1. The number of halogens is 1. The minimum atomic E-state index is -1.21. The average molecular weight is 364 g/mol. The molecule has 0 aliphatic carbocycles. The van der Waals surface area contributed by atoms with Crippen LogP contribution in [0.5, 0.6) is 0 Å². The Balaban J connectivity index is 0.00000176. The van der Waals surface area contributed by atoms with Crippen molar-refractivity contribution in [2.24, 2.45) is 0 Å². The monoisotopic (exact) mass is 363 g/mol. The summed E-state index contributed by atoms with van der Waals surface area (Å²) in [5.74, 6) is -1.21. The minimum Gasteiger partial charge on any atom is -1.00 e. The number of quaternary nitrogens is 1. The van der Waals surface area contributed by atoms with Crippen molar-refractivity contribution in [3.05, 3.63) is 71.8 Å². The highest BCUT2D eigenvalue weighted by atomic mass is 79.9. The molecule has 1 aliphatic heterocycles. The highest BCUT2D eigenvalue weighted by Gasteiger charge is 2.47. The van der Waals surface area contributed by atoms with Gasteiger partial charge in [0, 0.05) is 11.1 Å². The summed E-state index contributed by atoms with van der Waals surface area (Å²) in [5.41, 5.74) is 2.07. The zero-order valence-corrected chi connectivity index (χ0v) is 14.5. The maximum Gasteiger partial charge on any atom is 0.243 e. The predicted molar refractivity (Wildman–Crippen MR) is 82.4 cm³/mol. The van der Waals surface area contributed by atoms with Crippen molar-refractivity contribution in [1.82, 2.24) is 0 Å². The van der Waals surface area contributed by atoms with E-state index in [9.17, 15) is 5.11 Å². The molecule has 1 heterocycles. The van der Waals surface area contributed by atoms with Gasteiger partial charge in [-0.15, -0.1) is 0 Å². The smallest absolute Gasteiger partial charge is 0.243 e.